The van der Waals surface area contributed by atoms with Crippen LogP contribution in [-0.4, -0.2) is 25.3 Å². The summed E-state index contributed by atoms with van der Waals surface area (Å²) in [6.07, 6.45) is 4.53. The van der Waals surface area contributed by atoms with Crippen LogP contribution in [0.4, 0.5) is 0 Å². The molecule has 1 atom stereocenters. The quantitative estimate of drug-likeness (QED) is 0.691. The molecular weight excluding hydrogens is 218 g/mol. The molecule has 1 saturated heterocycles. The first-order chi connectivity index (χ1) is 8.03. The first-order valence-electron chi connectivity index (χ1n) is 6.22. The van der Waals surface area contributed by atoms with Crippen molar-refractivity contribution in [2.24, 2.45) is 5.41 Å². The lowest BCUT2D eigenvalue weighted by molar-refractivity contribution is -0.146. The number of nitriles is 1. The third-order valence-corrected chi connectivity index (χ3v) is 2.87. The summed E-state index contributed by atoms with van der Waals surface area (Å²) in [7, 11) is 0. The van der Waals surface area contributed by atoms with E-state index in [1.54, 1.807) is 13.8 Å². The summed E-state index contributed by atoms with van der Waals surface area (Å²) in [4.78, 5) is 11.4. The van der Waals surface area contributed by atoms with Crippen LogP contribution in [0.1, 0.15) is 46.0 Å². The van der Waals surface area contributed by atoms with Crippen LogP contribution in [0, 0.1) is 16.7 Å². The summed E-state index contributed by atoms with van der Waals surface area (Å²) in [5, 5.41) is 8.79. The van der Waals surface area contributed by atoms with Gasteiger partial charge in [-0.05, 0) is 33.1 Å². The number of carbonyl (C=O) groups excluding carboxylic acids is 1. The first-order valence-corrected chi connectivity index (χ1v) is 6.22. The molecule has 4 heteroatoms. The van der Waals surface area contributed by atoms with Gasteiger partial charge in [0.25, 0.3) is 0 Å². The predicted octanol–water partition coefficient (Wildman–Crippen LogP) is 2.43. The summed E-state index contributed by atoms with van der Waals surface area (Å²) in [5.41, 5.74) is -0.640. The number of hydrogen-bond donors (Lipinski definition) is 0. The largest absolute Gasteiger partial charge is 0.466 e. The molecule has 0 spiro atoms. The molecule has 96 valence electrons. The summed E-state index contributed by atoms with van der Waals surface area (Å²) in [5.74, 6) is -0.299. The van der Waals surface area contributed by atoms with Gasteiger partial charge in [-0.2, -0.15) is 5.26 Å². The van der Waals surface area contributed by atoms with Crippen molar-refractivity contribution in [2.45, 2.75) is 52.1 Å². The molecule has 0 N–H and O–H groups in total. The van der Waals surface area contributed by atoms with E-state index in [1.165, 1.54) is 6.42 Å². The number of ether oxygens (including phenoxy) is 2. The van der Waals surface area contributed by atoms with Crippen molar-refractivity contribution < 1.29 is 14.3 Å². The molecule has 0 saturated carbocycles. The Balaban J connectivity index is 2.14. The second-order valence-electron chi connectivity index (χ2n) is 5.17. The van der Waals surface area contributed by atoms with Crippen LogP contribution in [-0.2, 0) is 14.3 Å². The Labute approximate surface area is 103 Å². The van der Waals surface area contributed by atoms with Gasteiger partial charge < -0.3 is 9.47 Å². The molecule has 0 aromatic carbocycles. The normalized spacial score (nSPS) is 20.6. The van der Waals surface area contributed by atoms with E-state index in [0.29, 0.717) is 6.61 Å². The zero-order valence-corrected chi connectivity index (χ0v) is 10.7. The molecule has 0 bridgehead atoms. The molecule has 1 unspecified atom stereocenters. The smallest absolute Gasteiger partial charge is 0.307 e. The topological polar surface area (TPSA) is 59.3 Å². The molecule has 1 fully saturated rings. The van der Waals surface area contributed by atoms with Gasteiger partial charge in [0.2, 0.25) is 0 Å². The van der Waals surface area contributed by atoms with Gasteiger partial charge in [0.05, 0.1) is 30.6 Å². The average Bonchev–Trinajstić information content (AvgIpc) is 2.30. The van der Waals surface area contributed by atoms with Crippen molar-refractivity contribution in [2.75, 3.05) is 13.2 Å². The average molecular weight is 239 g/mol. The molecule has 0 amide bonds. The van der Waals surface area contributed by atoms with E-state index in [1.807, 2.05) is 0 Å². The van der Waals surface area contributed by atoms with Crippen LogP contribution in [0.25, 0.3) is 0 Å². The standard InChI is InChI=1S/C13H21NO3/c1-13(2,10-14)9-12(15)17-8-6-11-5-3-4-7-16-11/h11H,3-9H2,1-2H3. The highest BCUT2D eigenvalue weighted by Gasteiger charge is 2.22. The number of rotatable bonds is 5. The third kappa shape index (κ3) is 5.69. The molecule has 4 nitrogen and oxygen atoms in total. The van der Waals surface area contributed by atoms with Crippen molar-refractivity contribution in [1.82, 2.24) is 0 Å². The monoisotopic (exact) mass is 239 g/mol. The minimum absolute atomic E-state index is 0.148. The molecule has 1 aliphatic rings. The Hall–Kier alpha value is -1.08. The molecule has 0 radical (unpaired) electrons. The summed E-state index contributed by atoms with van der Waals surface area (Å²) >= 11 is 0. The van der Waals surface area contributed by atoms with Gasteiger partial charge in [-0.1, -0.05) is 0 Å². The van der Waals surface area contributed by atoms with E-state index in [9.17, 15) is 4.79 Å². The van der Waals surface area contributed by atoms with Crippen LogP contribution >= 0.6 is 0 Å². The fourth-order valence-corrected chi connectivity index (χ4v) is 1.79. The maximum atomic E-state index is 11.4. The molecular formula is C13H21NO3. The molecule has 1 heterocycles. The van der Waals surface area contributed by atoms with Gasteiger partial charge in [-0.25, -0.2) is 0 Å². The zero-order valence-electron chi connectivity index (χ0n) is 10.7. The maximum Gasteiger partial charge on any atom is 0.307 e. The lowest BCUT2D eigenvalue weighted by Crippen LogP contribution is -2.23. The van der Waals surface area contributed by atoms with Crippen LogP contribution in [0.2, 0.25) is 0 Å². The number of hydrogen-bond acceptors (Lipinski definition) is 4. The Morgan fingerprint density at radius 2 is 2.29 bits per heavy atom. The highest BCUT2D eigenvalue weighted by molar-refractivity contribution is 5.70. The molecule has 0 aromatic rings. The van der Waals surface area contributed by atoms with E-state index < -0.39 is 5.41 Å². The summed E-state index contributed by atoms with van der Waals surface area (Å²) in [6, 6.07) is 2.09. The van der Waals surface area contributed by atoms with E-state index in [-0.39, 0.29) is 18.5 Å². The first kappa shape index (κ1) is 14.0. The van der Waals surface area contributed by atoms with Crippen LogP contribution < -0.4 is 0 Å². The minimum Gasteiger partial charge on any atom is -0.466 e. The molecule has 17 heavy (non-hydrogen) atoms. The van der Waals surface area contributed by atoms with Gasteiger partial charge in [0.1, 0.15) is 0 Å². The van der Waals surface area contributed by atoms with Gasteiger partial charge in [0, 0.05) is 13.0 Å². The Morgan fingerprint density at radius 3 is 2.88 bits per heavy atom. The second-order valence-corrected chi connectivity index (χ2v) is 5.17. The minimum atomic E-state index is -0.640. The fraction of sp³-hybridized carbons (Fsp3) is 0.846. The van der Waals surface area contributed by atoms with Gasteiger partial charge in [-0.15, -0.1) is 0 Å². The van der Waals surface area contributed by atoms with E-state index in [2.05, 4.69) is 6.07 Å². The number of nitrogens with zero attached hydrogens (tertiary/aromatic N) is 1. The Morgan fingerprint density at radius 1 is 1.53 bits per heavy atom. The van der Waals surface area contributed by atoms with Crippen molar-refractivity contribution in [1.29, 1.82) is 5.26 Å². The number of carbonyl (C=O) groups is 1. The van der Waals surface area contributed by atoms with Crippen LogP contribution in [0.3, 0.4) is 0 Å². The van der Waals surface area contributed by atoms with Gasteiger partial charge in [0.15, 0.2) is 0 Å². The molecule has 0 aliphatic carbocycles. The third-order valence-electron chi connectivity index (χ3n) is 2.87. The van der Waals surface area contributed by atoms with Crippen molar-refractivity contribution in [3.8, 4) is 6.07 Å². The number of esters is 1. The van der Waals surface area contributed by atoms with E-state index in [4.69, 9.17) is 14.7 Å². The van der Waals surface area contributed by atoms with Gasteiger partial charge in [-0.3, -0.25) is 4.79 Å². The second kappa shape index (κ2) is 6.61. The molecule has 1 aliphatic heterocycles. The van der Waals surface area contributed by atoms with Gasteiger partial charge >= 0.3 is 5.97 Å². The lowest BCUT2D eigenvalue weighted by atomic mass is 9.92. The van der Waals surface area contributed by atoms with Crippen LogP contribution in [0.5, 0.6) is 0 Å². The molecule has 0 aromatic heterocycles. The SMILES string of the molecule is CC(C)(C#N)CC(=O)OCCC1CCCCO1. The van der Waals surface area contributed by atoms with E-state index in [0.717, 1.165) is 25.9 Å². The Kier molecular flexibility index (Phi) is 5.43. The Bertz CT molecular complexity index is 288. The molecule has 1 rings (SSSR count). The highest BCUT2D eigenvalue weighted by atomic mass is 16.5. The fourth-order valence-electron chi connectivity index (χ4n) is 1.79. The van der Waals surface area contributed by atoms with Crippen molar-refractivity contribution >= 4 is 5.97 Å². The maximum absolute atomic E-state index is 11.4. The van der Waals surface area contributed by atoms with Crippen molar-refractivity contribution in [3.63, 3.8) is 0 Å². The summed E-state index contributed by atoms with van der Waals surface area (Å²) in [6.45, 7) is 4.68. The zero-order chi connectivity index (χ0) is 12.7. The lowest BCUT2D eigenvalue weighted by Gasteiger charge is -2.22. The predicted molar refractivity (Wildman–Crippen MR) is 63.2 cm³/mol. The summed E-state index contributed by atoms with van der Waals surface area (Å²) < 4.78 is 10.7. The van der Waals surface area contributed by atoms with Crippen molar-refractivity contribution in [3.05, 3.63) is 0 Å². The van der Waals surface area contributed by atoms with E-state index >= 15 is 0 Å². The highest BCUT2D eigenvalue weighted by Crippen LogP contribution is 2.20. The van der Waals surface area contributed by atoms with Crippen LogP contribution in [0.15, 0.2) is 0 Å².